The molecule has 0 amide bonds. The maximum absolute atomic E-state index is 6.04. The van der Waals surface area contributed by atoms with Gasteiger partial charge in [0.2, 0.25) is 0 Å². The molecule has 0 radical (unpaired) electrons. The maximum Gasteiger partial charge on any atom is 0.119 e. The first-order valence-corrected chi connectivity index (χ1v) is 16.2. The molecular formula is C36H52O2S. The third kappa shape index (κ3) is 11.8. The highest BCUT2D eigenvalue weighted by Gasteiger charge is 2.08. The van der Waals surface area contributed by atoms with Crippen LogP contribution in [0.25, 0.3) is 20.9 Å². The molecule has 0 saturated carbocycles. The zero-order valence-corrected chi connectivity index (χ0v) is 26.2. The molecular weight excluding hydrogens is 496 g/mol. The van der Waals surface area contributed by atoms with Crippen LogP contribution in [0.2, 0.25) is 0 Å². The van der Waals surface area contributed by atoms with Crippen LogP contribution in [0.4, 0.5) is 0 Å². The van der Waals surface area contributed by atoms with Crippen LogP contribution in [0.15, 0.2) is 60.7 Å². The molecule has 0 bridgehead atoms. The molecule has 0 N–H and O–H groups in total. The number of hydrogen-bond acceptors (Lipinski definition) is 3. The van der Waals surface area contributed by atoms with Crippen molar-refractivity contribution in [2.75, 3.05) is 13.2 Å². The first-order chi connectivity index (χ1) is 18.8. The van der Waals surface area contributed by atoms with Crippen LogP contribution in [-0.4, -0.2) is 13.2 Å². The molecule has 2 atom stereocenters. The predicted molar refractivity (Wildman–Crippen MR) is 171 cm³/mol. The smallest absolute Gasteiger partial charge is 0.119 e. The molecule has 2 unspecified atom stereocenters. The van der Waals surface area contributed by atoms with E-state index in [4.69, 9.17) is 9.47 Å². The molecule has 0 aliphatic rings. The summed E-state index contributed by atoms with van der Waals surface area (Å²) in [5.41, 5.74) is 2.48. The van der Waals surface area contributed by atoms with Crippen molar-refractivity contribution in [3.8, 4) is 32.4 Å². The van der Waals surface area contributed by atoms with Crippen LogP contribution in [0.5, 0.6) is 11.5 Å². The minimum absolute atomic E-state index is 0.723. The largest absolute Gasteiger partial charge is 0.494 e. The van der Waals surface area contributed by atoms with Crippen LogP contribution in [0, 0.1) is 23.7 Å². The van der Waals surface area contributed by atoms with Gasteiger partial charge in [0.15, 0.2) is 0 Å². The van der Waals surface area contributed by atoms with E-state index in [0.717, 1.165) is 61.2 Å². The topological polar surface area (TPSA) is 18.5 Å². The summed E-state index contributed by atoms with van der Waals surface area (Å²) in [6.07, 6.45) is 10.2. The second-order valence-electron chi connectivity index (χ2n) is 12.3. The summed E-state index contributed by atoms with van der Waals surface area (Å²) >= 11 is 1.83. The summed E-state index contributed by atoms with van der Waals surface area (Å²) in [6, 6.07) is 21.6. The number of hydrogen-bond donors (Lipinski definition) is 0. The fourth-order valence-electron chi connectivity index (χ4n) is 4.87. The first-order valence-electron chi connectivity index (χ1n) is 15.4. The highest BCUT2D eigenvalue weighted by Crippen LogP contribution is 2.35. The average Bonchev–Trinajstić information content (AvgIpc) is 3.39. The molecule has 0 spiro atoms. The molecule has 39 heavy (non-hydrogen) atoms. The molecule has 3 heteroatoms. The SMILES string of the molecule is CC(C)CCCC(C)CCOc1ccc(-c2ccc(-c3ccc(OCCC(C)CCCC(C)C)cc3)s2)cc1. The van der Waals surface area contributed by atoms with E-state index in [1.54, 1.807) is 0 Å². The van der Waals surface area contributed by atoms with Gasteiger partial charge in [-0.25, -0.2) is 0 Å². The van der Waals surface area contributed by atoms with Gasteiger partial charge in [0.05, 0.1) is 13.2 Å². The lowest BCUT2D eigenvalue weighted by Gasteiger charge is -2.13. The molecule has 2 nitrogen and oxygen atoms in total. The van der Waals surface area contributed by atoms with Crippen LogP contribution >= 0.6 is 11.3 Å². The highest BCUT2D eigenvalue weighted by molar-refractivity contribution is 7.18. The fraction of sp³-hybridized carbons (Fsp3) is 0.556. The average molecular weight is 549 g/mol. The van der Waals surface area contributed by atoms with Gasteiger partial charge in [-0.1, -0.05) is 80.1 Å². The standard InChI is InChI=1S/C36H52O2S/c1-27(2)9-7-11-29(5)23-25-37-33-17-13-31(14-18-33)35-21-22-36(39-35)32-15-19-34(20-16-32)38-26-24-30(6)12-8-10-28(3)4/h13-22,27-30H,7-12,23-26H2,1-6H3. The van der Waals surface area contributed by atoms with E-state index in [0.29, 0.717) is 0 Å². The zero-order chi connectivity index (χ0) is 28.0. The molecule has 1 aromatic heterocycles. The van der Waals surface area contributed by atoms with E-state index in [9.17, 15) is 0 Å². The molecule has 3 rings (SSSR count). The zero-order valence-electron chi connectivity index (χ0n) is 25.4. The quantitative estimate of drug-likeness (QED) is 0.157. The summed E-state index contributed by atoms with van der Waals surface area (Å²) in [4.78, 5) is 2.56. The minimum Gasteiger partial charge on any atom is -0.494 e. The molecule has 0 aliphatic heterocycles. The Bertz CT molecular complexity index is 964. The number of ether oxygens (including phenoxy) is 2. The van der Waals surface area contributed by atoms with Crippen molar-refractivity contribution in [3.05, 3.63) is 60.7 Å². The van der Waals surface area contributed by atoms with E-state index >= 15 is 0 Å². The van der Waals surface area contributed by atoms with E-state index in [2.05, 4.69) is 102 Å². The molecule has 1 heterocycles. The summed E-state index contributed by atoms with van der Waals surface area (Å²) in [5, 5.41) is 0. The fourth-order valence-corrected chi connectivity index (χ4v) is 5.89. The van der Waals surface area contributed by atoms with Crippen LogP contribution in [0.3, 0.4) is 0 Å². The van der Waals surface area contributed by atoms with E-state index in [1.807, 2.05) is 11.3 Å². The van der Waals surface area contributed by atoms with Gasteiger partial charge >= 0.3 is 0 Å². The highest BCUT2D eigenvalue weighted by atomic mass is 32.1. The Labute approximate surface area is 243 Å². The normalized spacial score (nSPS) is 13.1. The molecule has 0 aliphatic carbocycles. The van der Waals surface area contributed by atoms with Crippen molar-refractivity contribution < 1.29 is 9.47 Å². The molecule has 3 aromatic rings. The Morgan fingerprint density at radius 2 is 0.872 bits per heavy atom. The van der Waals surface area contributed by atoms with E-state index in [1.165, 1.54) is 59.4 Å². The second kappa shape index (κ2) is 16.8. The van der Waals surface area contributed by atoms with Crippen LogP contribution < -0.4 is 9.47 Å². The van der Waals surface area contributed by atoms with Crippen molar-refractivity contribution in [2.24, 2.45) is 23.7 Å². The predicted octanol–water partition coefficient (Wildman–Crippen LogP) is 11.5. The van der Waals surface area contributed by atoms with Crippen molar-refractivity contribution in [1.29, 1.82) is 0 Å². The van der Waals surface area contributed by atoms with Gasteiger partial charge in [-0.05, 0) is 108 Å². The van der Waals surface area contributed by atoms with E-state index < -0.39 is 0 Å². The van der Waals surface area contributed by atoms with Crippen LogP contribution in [0.1, 0.15) is 92.9 Å². The van der Waals surface area contributed by atoms with Gasteiger partial charge in [0.1, 0.15) is 11.5 Å². The molecule has 214 valence electrons. The van der Waals surface area contributed by atoms with Crippen molar-refractivity contribution in [2.45, 2.75) is 92.9 Å². The summed E-state index contributed by atoms with van der Waals surface area (Å²) in [5.74, 6) is 4.98. The Morgan fingerprint density at radius 1 is 0.487 bits per heavy atom. The van der Waals surface area contributed by atoms with Crippen molar-refractivity contribution in [3.63, 3.8) is 0 Å². The lowest BCUT2D eigenvalue weighted by Crippen LogP contribution is -2.04. The lowest BCUT2D eigenvalue weighted by molar-refractivity contribution is 0.275. The lowest BCUT2D eigenvalue weighted by atomic mass is 9.98. The molecule has 0 fully saturated rings. The van der Waals surface area contributed by atoms with Crippen molar-refractivity contribution in [1.82, 2.24) is 0 Å². The summed E-state index contributed by atoms with van der Waals surface area (Å²) in [6.45, 7) is 15.5. The summed E-state index contributed by atoms with van der Waals surface area (Å²) < 4.78 is 12.1. The monoisotopic (exact) mass is 548 g/mol. The van der Waals surface area contributed by atoms with E-state index in [-0.39, 0.29) is 0 Å². The van der Waals surface area contributed by atoms with Crippen LogP contribution in [-0.2, 0) is 0 Å². The number of benzene rings is 2. The Morgan fingerprint density at radius 3 is 1.23 bits per heavy atom. The Balaban J connectivity index is 1.42. The van der Waals surface area contributed by atoms with Gasteiger partial charge < -0.3 is 9.47 Å². The summed E-state index contributed by atoms with van der Waals surface area (Å²) in [7, 11) is 0. The second-order valence-corrected chi connectivity index (χ2v) is 13.4. The first kappa shape index (κ1) is 31.3. The van der Waals surface area contributed by atoms with Gasteiger partial charge in [-0.3, -0.25) is 0 Å². The van der Waals surface area contributed by atoms with Crippen molar-refractivity contribution >= 4 is 11.3 Å². The Kier molecular flexibility index (Phi) is 13.4. The maximum atomic E-state index is 6.04. The molecule has 0 saturated heterocycles. The number of rotatable bonds is 18. The minimum atomic E-state index is 0.723. The third-order valence-corrected chi connectivity index (χ3v) is 8.78. The van der Waals surface area contributed by atoms with Gasteiger partial charge in [-0.2, -0.15) is 0 Å². The Hall–Kier alpha value is -2.26. The molecule has 2 aromatic carbocycles. The third-order valence-electron chi connectivity index (χ3n) is 7.60. The van der Waals surface area contributed by atoms with Gasteiger partial charge in [-0.15, -0.1) is 11.3 Å². The van der Waals surface area contributed by atoms with Gasteiger partial charge in [0, 0.05) is 9.75 Å². The van der Waals surface area contributed by atoms with Gasteiger partial charge in [0.25, 0.3) is 0 Å². The number of thiophene rings is 1.